The molecule has 4 rings (SSSR count). The van der Waals surface area contributed by atoms with Crippen LogP contribution in [-0.2, 0) is 4.74 Å². The summed E-state index contributed by atoms with van der Waals surface area (Å²) in [6.07, 6.45) is 41.9. The summed E-state index contributed by atoms with van der Waals surface area (Å²) in [7, 11) is 0. The van der Waals surface area contributed by atoms with E-state index in [1.54, 1.807) is 0 Å². The molecular weight excluding hydrogens is 544 g/mol. The highest BCUT2D eigenvalue weighted by molar-refractivity contribution is 5.08. The Morgan fingerprint density at radius 3 is 0.911 bits per heavy atom. The summed E-state index contributed by atoms with van der Waals surface area (Å²) in [4.78, 5) is 0. The molecule has 0 amide bonds. The first-order valence-electron chi connectivity index (χ1n) is 20.0. The Morgan fingerprint density at radius 2 is 0.667 bits per heavy atom. The molecule has 0 radical (unpaired) electrons. The minimum absolute atomic E-state index is 0.265. The third-order valence-corrected chi connectivity index (χ3v) is 14.0. The van der Waals surface area contributed by atoms with Gasteiger partial charge in [-0.25, -0.2) is 0 Å². The van der Waals surface area contributed by atoms with Crippen LogP contribution < -0.4 is 0 Å². The predicted molar refractivity (Wildman–Crippen MR) is 197 cm³/mol. The Balaban J connectivity index is 1.16. The van der Waals surface area contributed by atoms with Crippen molar-refractivity contribution in [3.05, 3.63) is 50.6 Å². The molecule has 2 unspecified atom stereocenters. The highest BCUT2D eigenvalue weighted by atomic mass is 16.5. The maximum Gasteiger partial charge on any atom is 0.0871 e. The first kappa shape index (κ1) is 36.8. The molecule has 0 saturated heterocycles. The van der Waals surface area contributed by atoms with E-state index in [0.717, 1.165) is 35.5 Å². The van der Waals surface area contributed by atoms with Gasteiger partial charge in [0.2, 0.25) is 0 Å². The molecule has 4 fully saturated rings. The van der Waals surface area contributed by atoms with Crippen molar-refractivity contribution in [2.24, 2.45) is 47.3 Å². The first-order chi connectivity index (χ1) is 21.8. The zero-order valence-corrected chi connectivity index (χ0v) is 30.1. The zero-order valence-electron chi connectivity index (χ0n) is 30.1. The Hall–Kier alpha value is -1.08. The minimum Gasteiger partial charge on any atom is -0.360 e. The summed E-state index contributed by atoms with van der Waals surface area (Å²) in [5, 5.41) is 0. The number of hydrogen-bond acceptors (Lipinski definition) is 1. The fraction of sp³-hybridized carbons (Fsp3) is 0.818. The molecule has 1 nitrogen and oxygen atoms in total. The lowest BCUT2D eigenvalue weighted by Crippen LogP contribution is -2.49. The summed E-state index contributed by atoms with van der Waals surface area (Å²) in [5.74, 6) is 6.90. The molecule has 4 aliphatic rings. The molecule has 2 atom stereocenters. The van der Waals surface area contributed by atoms with Crippen molar-refractivity contribution in [2.45, 2.75) is 179 Å². The molecular formula is C44H74O. The molecule has 0 bridgehead atoms. The lowest BCUT2D eigenvalue weighted by atomic mass is 9.69. The summed E-state index contributed by atoms with van der Waals surface area (Å²) in [6, 6.07) is 0. The smallest absolute Gasteiger partial charge is 0.0871 e. The van der Waals surface area contributed by atoms with Gasteiger partial charge in [0.1, 0.15) is 0 Å². The Labute approximate surface area is 281 Å². The van der Waals surface area contributed by atoms with Gasteiger partial charge in [-0.15, -0.1) is 26.3 Å². The van der Waals surface area contributed by atoms with Crippen LogP contribution in [0.1, 0.15) is 168 Å². The van der Waals surface area contributed by atoms with Crippen LogP contribution >= 0.6 is 0 Å². The van der Waals surface area contributed by atoms with Gasteiger partial charge < -0.3 is 4.74 Å². The van der Waals surface area contributed by atoms with Crippen molar-refractivity contribution < 1.29 is 4.74 Å². The van der Waals surface area contributed by atoms with Gasteiger partial charge in [0.25, 0.3) is 0 Å². The van der Waals surface area contributed by atoms with Crippen LogP contribution in [0.2, 0.25) is 0 Å². The van der Waals surface area contributed by atoms with E-state index < -0.39 is 0 Å². The zero-order chi connectivity index (χ0) is 32.1. The molecule has 4 saturated carbocycles. The maximum absolute atomic E-state index is 7.21. The van der Waals surface area contributed by atoms with Crippen molar-refractivity contribution in [2.75, 3.05) is 0 Å². The number of rotatable bonds is 18. The van der Waals surface area contributed by atoms with Crippen LogP contribution in [0.4, 0.5) is 0 Å². The van der Waals surface area contributed by atoms with Gasteiger partial charge in [-0.05, 0) is 113 Å². The standard InChI is InChI=1S/C44H74O/c1-7-11-13-35-15-19-37(20-16-35)23-25-39-27-31-41(32-28-39)43(5,9-3)45-44(6,10-4)42-33-29-40(30-34-42)26-24-38-21-17-36(18-22-38)14-12-8-2/h7-10,35-42H,1-4,11-34H2,5-6H3. The quantitative estimate of drug-likeness (QED) is 0.139. The maximum atomic E-state index is 7.21. The van der Waals surface area contributed by atoms with E-state index in [1.165, 1.54) is 154 Å². The van der Waals surface area contributed by atoms with Gasteiger partial charge in [-0.2, -0.15) is 0 Å². The molecule has 0 aliphatic heterocycles. The van der Waals surface area contributed by atoms with Crippen molar-refractivity contribution in [3.8, 4) is 0 Å². The molecule has 0 aromatic heterocycles. The fourth-order valence-corrected chi connectivity index (χ4v) is 10.4. The number of hydrogen-bond donors (Lipinski definition) is 0. The minimum atomic E-state index is -0.265. The fourth-order valence-electron chi connectivity index (χ4n) is 10.4. The second kappa shape index (κ2) is 18.5. The average molecular weight is 619 g/mol. The van der Waals surface area contributed by atoms with Gasteiger partial charge in [0.15, 0.2) is 0 Å². The summed E-state index contributed by atoms with van der Waals surface area (Å²) in [6.45, 7) is 21.2. The monoisotopic (exact) mass is 619 g/mol. The van der Waals surface area contributed by atoms with E-state index in [-0.39, 0.29) is 11.2 Å². The third kappa shape index (κ3) is 11.0. The molecule has 0 aromatic rings. The predicted octanol–water partition coefficient (Wildman–Crippen LogP) is 13.6. The molecule has 256 valence electrons. The second-order valence-corrected chi connectivity index (χ2v) is 17.0. The molecule has 0 aromatic carbocycles. The molecule has 0 heterocycles. The van der Waals surface area contributed by atoms with Crippen LogP contribution in [0.3, 0.4) is 0 Å². The van der Waals surface area contributed by atoms with Crippen LogP contribution in [0, 0.1) is 47.3 Å². The van der Waals surface area contributed by atoms with Gasteiger partial charge in [-0.1, -0.05) is 127 Å². The largest absolute Gasteiger partial charge is 0.360 e. The Bertz CT molecular complexity index is 799. The van der Waals surface area contributed by atoms with Crippen LogP contribution in [0.5, 0.6) is 0 Å². The van der Waals surface area contributed by atoms with E-state index in [4.69, 9.17) is 4.74 Å². The van der Waals surface area contributed by atoms with Gasteiger partial charge in [0, 0.05) is 0 Å². The van der Waals surface area contributed by atoms with E-state index in [0.29, 0.717) is 11.8 Å². The van der Waals surface area contributed by atoms with E-state index >= 15 is 0 Å². The number of ether oxygens (including phenoxy) is 1. The molecule has 4 aliphatic carbocycles. The Kier molecular flexibility index (Phi) is 15.1. The van der Waals surface area contributed by atoms with Crippen molar-refractivity contribution in [1.29, 1.82) is 0 Å². The van der Waals surface area contributed by atoms with Crippen molar-refractivity contribution >= 4 is 0 Å². The highest BCUT2D eigenvalue weighted by Gasteiger charge is 2.44. The van der Waals surface area contributed by atoms with E-state index in [1.807, 2.05) is 0 Å². The Morgan fingerprint density at radius 1 is 0.422 bits per heavy atom. The normalized spacial score (nSPS) is 35.4. The van der Waals surface area contributed by atoms with Gasteiger partial charge >= 0.3 is 0 Å². The van der Waals surface area contributed by atoms with Gasteiger partial charge in [0.05, 0.1) is 11.2 Å². The number of allylic oxidation sites excluding steroid dienone is 2. The lowest BCUT2D eigenvalue weighted by Gasteiger charge is -2.48. The molecule has 45 heavy (non-hydrogen) atoms. The topological polar surface area (TPSA) is 9.23 Å². The molecule has 0 spiro atoms. The van der Waals surface area contributed by atoms with E-state index in [2.05, 4.69) is 64.5 Å². The highest BCUT2D eigenvalue weighted by Crippen LogP contribution is 2.47. The first-order valence-corrected chi connectivity index (χ1v) is 20.0. The summed E-state index contributed by atoms with van der Waals surface area (Å²) in [5.41, 5.74) is -0.530. The molecule has 1 heteroatoms. The van der Waals surface area contributed by atoms with E-state index in [9.17, 15) is 0 Å². The van der Waals surface area contributed by atoms with Crippen LogP contribution in [0.15, 0.2) is 50.6 Å². The average Bonchev–Trinajstić information content (AvgIpc) is 3.09. The van der Waals surface area contributed by atoms with Gasteiger partial charge in [-0.3, -0.25) is 0 Å². The van der Waals surface area contributed by atoms with Crippen LogP contribution in [-0.4, -0.2) is 11.2 Å². The summed E-state index contributed by atoms with van der Waals surface area (Å²) < 4.78 is 7.21. The van der Waals surface area contributed by atoms with Crippen molar-refractivity contribution in [3.63, 3.8) is 0 Å². The SMILES string of the molecule is C=CCCC1CCC(CCC2CCC(C(C)(C=C)OC(C)(C=C)C3CCC(CCC4CCC(CCC=C)CC4)CC3)CC2)CC1. The third-order valence-electron chi connectivity index (χ3n) is 14.0. The lowest BCUT2D eigenvalue weighted by molar-refractivity contribution is -0.154. The molecule has 0 N–H and O–H groups in total. The summed E-state index contributed by atoms with van der Waals surface area (Å²) >= 11 is 0. The second-order valence-electron chi connectivity index (χ2n) is 17.0. The van der Waals surface area contributed by atoms with Crippen molar-refractivity contribution in [1.82, 2.24) is 0 Å². The van der Waals surface area contributed by atoms with Crippen LogP contribution in [0.25, 0.3) is 0 Å².